The second-order valence-corrected chi connectivity index (χ2v) is 12.8. The van der Waals surface area contributed by atoms with Gasteiger partial charge in [-0.2, -0.15) is 15.2 Å². The van der Waals surface area contributed by atoms with E-state index >= 15 is 0 Å². The SMILES string of the molecule is C=CC(=O)N1CCN(c2nc(OC[C@H]3CCC[C@@H]3N(C)C)nc3c2CCN(c2cccc4ccc(F)c(Cl)c24)C3)CC1CC#N. The van der Waals surface area contributed by atoms with Gasteiger partial charge in [-0.25, -0.2) is 4.39 Å². The van der Waals surface area contributed by atoms with Crippen molar-refractivity contribution in [1.82, 2.24) is 19.8 Å². The Kier molecular flexibility index (Phi) is 9.11. The molecule has 0 spiro atoms. The summed E-state index contributed by atoms with van der Waals surface area (Å²) in [6.45, 7) is 6.83. The number of carbonyl (C=O) groups excluding carboxylic acids is 1. The van der Waals surface area contributed by atoms with E-state index in [0.717, 1.165) is 41.0 Å². The van der Waals surface area contributed by atoms with E-state index in [-0.39, 0.29) is 23.4 Å². The van der Waals surface area contributed by atoms with Gasteiger partial charge in [-0.05, 0) is 57.0 Å². The summed E-state index contributed by atoms with van der Waals surface area (Å²) in [5.74, 6) is 0.566. The van der Waals surface area contributed by atoms with Crippen LogP contribution in [0.3, 0.4) is 0 Å². The van der Waals surface area contributed by atoms with Gasteiger partial charge >= 0.3 is 6.01 Å². The number of carbonyl (C=O) groups is 1. The fraction of sp³-hybridized carbons (Fsp3) is 0.471. The Morgan fingerprint density at radius 2 is 2.04 bits per heavy atom. The molecule has 11 heteroatoms. The normalized spacial score (nSPS) is 21.6. The lowest BCUT2D eigenvalue weighted by Crippen LogP contribution is -2.55. The molecule has 236 valence electrons. The highest BCUT2D eigenvalue weighted by Gasteiger charge is 2.34. The van der Waals surface area contributed by atoms with Crippen LogP contribution < -0.4 is 14.5 Å². The van der Waals surface area contributed by atoms with Gasteiger partial charge in [-0.15, -0.1) is 0 Å². The summed E-state index contributed by atoms with van der Waals surface area (Å²) in [4.78, 5) is 30.9. The van der Waals surface area contributed by atoms with Gasteiger partial charge in [0.1, 0.15) is 11.6 Å². The highest BCUT2D eigenvalue weighted by atomic mass is 35.5. The van der Waals surface area contributed by atoms with Crippen molar-refractivity contribution < 1.29 is 13.9 Å². The first-order chi connectivity index (χ1) is 21.8. The monoisotopic (exact) mass is 631 g/mol. The highest BCUT2D eigenvalue weighted by Crippen LogP contribution is 2.38. The molecule has 3 aromatic rings. The summed E-state index contributed by atoms with van der Waals surface area (Å²) in [5.41, 5.74) is 2.74. The van der Waals surface area contributed by atoms with Crippen molar-refractivity contribution >= 4 is 39.8 Å². The maximum absolute atomic E-state index is 14.6. The van der Waals surface area contributed by atoms with Crippen LogP contribution in [-0.4, -0.2) is 84.6 Å². The molecule has 1 unspecified atom stereocenters. The number of benzene rings is 2. The maximum atomic E-state index is 14.6. The maximum Gasteiger partial charge on any atom is 0.318 e. The summed E-state index contributed by atoms with van der Waals surface area (Å²) in [6, 6.07) is 11.8. The van der Waals surface area contributed by atoms with Crippen molar-refractivity contribution in [3.63, 3.8) is 0 Å². The molecule has 1 saturated carbocycles. The molecular formula is C34H39ClFN7O2. The second kappa shape index (κ2) is 13.2. The van der Waals surface area contributed by atoms with Gasteiger partial charge in [-0.1, -0.05) is 42.8 Å². The molecule has 1 aromatic heterocycles. The zero-order chi connectivity index (χ0) is 31.7. The number of aromatic nitrogens is 2. The predicted octanol–water partition coefficient (Wildman–Crippen LogP) is 5.21. The third-order valence-electron chi connectivity index (χ3n) is 9.55. The first kappa shape index (κ1) is 31.1. The standard InChI is InChI=1S/C34H39ClFN7O2/c1-4-30(44)43-18-17-42(19-24(43)13-15-37)33-25-14-16-41(29-10-5-7-22-11-12-26(36)32(35)31(22)29)20-27(25)38-34(39-33)45-21-23-8-6-9-28(23)40(2)3/h4-5,7,10-12,23-24,28H,1,6,8-9,13-14,16-21H2,2-3H3/t23-,24?,28+/m1/s1. The van der Waals surface area contributed by atoms with Gasteiger partial charge in [0, 0.05) is 54.8 Å². The van der Waals surface area contributed by atoms with Crippen LogP contribution in [-0.2, 0) is 17.8 Å². The summed E-state index contributed by atoms with van der Waals surface area (Å²) in [5, 5.41) is 11.2. The number of rotatable bonds is 8. The van der Waals surface area contributed by atoms with E-state index in [9.17, 15) is 14.4 Å². The highest BCUT2D eigenvalue weighted by molar-refractivity contribution is 6.36. The number of anilines is 2. The average molecular weight is 632 g/mol. The van der Waals surface area contributed by atoms with Crippen LogP contribution in [0.5, 0.6) is 6.01 Å². The lowest BCUT2D eigenvalue weighted by atomic mass is 10.0. The van der Waals surface area contributed by atoms with Crippen molar-refractivity contribution in [3.05, 3.63) is 65.1 Å². The minimum absolute atomic E-state index is 0.115. The Hall–Kier alpha value is -3.94. The third-order valence-corrected chi connectivity index (χ3v) is 9.92. The molecule has 1 amide bonds. The van der Waals surface area contributed by atoms with Crippen molar-refractivity contribution in [2.45, 2.75) is 50.7 Å². The van der Waals surface area contributed by atoms with E-state index in [1.165, 1.54) is 18.6 Å². The van der Waals surface area contributed by atoms with E-state index in [1.54, 1.807) is 11.0 Å². The minimum Gasteiger partial charge on any atom is -0.463 e. The zero-order valence-electron chi connectivity index (χ0n) is 25.9. The van der Waals surface area contributed by atoms with Gasteiger partial charge in [0.25, 0.3) is 0 Å². The number of fused-ring (bicyclic) bond motifs is 2. The van der Waals surface area contributed by atoms with E-state index in [1.807, 2.05) is 18.2 Å². The van der Waals surface area contributed by atoms with Crippen molar-refractivity contribution in [3.8, 4) is 12.1 Å². The van der Waals surface area contributed by atoms with E-state index in [0.29, 0.717) is 69.1 Å². The van der Waals surface area contributed by atoms with Crippen molar-refractivity contribution in [2.75, 3.05) is 56.7 Å². The van der Waals surface area contributed by atoms with Crippen LogP contribution in [0.2, 0.25) is 5.02 Å². The number of halogens is 2. The summed E-state index contributed by atoms with van der Waals surface area (Å²) >= 11 is 6.51. The molecule has 2 fully saturated rings. The predicted molar refractivity (Wildman–Crippen MR) is 174 cm³/mol. The Labute approximate surface area is 268 Å². The largest absolute Gasteiger partial charge is 0.463 e. The number of ether oxygens (including phenoxy) is 1. The molecular weight excluding hydrogens is 593 g/mol. The van der Waals surface area contributed by atoms with Crippen LogP contribution >= 0.6 is 11.6 Å². The Bertz CT molecular complexity index is 1640. The summed E-state index contributed by atoms with van der Waals surface area (Å²) in [6.07, 6.45) is 5.60. The molecule has 3 aliphatic rings. The number of nitriles is 1. The van der Waals surface area contributed by atoms with Crippen molar-refractivity contribution in [1.29, 1.82) is 5.26 Å². The van der Waals surface area contributed by atoms with Gasteiger partial charge < -0.3 is 24.3 Å². The molecule has 0 bridgehead atoms. The number of piperazine rings is 1. The Balaban J connectivity index is 1.35. The first-order valence-electron chi connectivity index (χ1n) is 15.6. The van der Waals surface area contributed by atoms with E-state index in [4.69, 9.17) is 26.3 Å². The van der Waals surface area contributed by atoms with Crippen molar-refractivity contribution in [2.24, 2.45) is 5.92 Å². The smallest absolute Gasteiger partial charge is 0.318 e. The number of hydrogen-bond donors (Lipinski definition) is 0. The molecule has 45 heavy (non-hydrogen) atoms. The average Bonchev–Trinajstić information content (AvgIpc) is 3.53. The molecule has 0 radical (unpaired) electrons. The topological polar surface area (TPSA) is 88.8 Å². The molecule has 2 aliphatic heterocycles. The van der Waals surface area contributed by atoms with Crippen LogP contribution in [0.15, 0.2) is 43.0 Å². The molecule has 6 rings (SSSR count). The quantitative estimate of drug-likeness (QED) is 0.313. The summed E-state index contributed by atoms with van der Waals surface area (Å²) in [7, 11) is 4.23. The van der Waals surface area contributed by atoms with Gasteiger partial charge in [0.05, 0.1) is 42.4 Å². The van der Waals surface area contributed by atoms with Crippen LogP contribution in [0.25, 0.3) is 10.8 Å². The fourth-order valence-corrected chi connectivity index (χ4v) is 7.55. The molecule has 0 N–H and O–H groups in total. The van der Waals surface area contributed by atoms with E-state index < -0.39 is 5.82 Å². The third kappa shape index (κ3) is 6.16. The molecule has 3 heterocycles. The van der Waals surface area contributed by atoms with Crippen LogP contribution in [0, 0.1) is 23.1 Å². The fourth-order valence-electron chi connectivity index (χ4n) is 7.28. The van der Waals surface area contributed by atoms with Gasteiger partial charge in [0.15, 0.2) is 0 Å². The van der Waals surface area contributed by atoms with Crippen LogP contribution in [0.4, 0.5) is 15.9 Å². The Morgan fingerprint density at radius 3 is 2.82 bits per heavy atom. The zero-order valence-corrected chi connectivity index (χ0v) is 26.6. The molecule has 2 aromatic carbocycles. The molecule has 1 saturated heterocycles. The van der Waals surface area contributed by atoms with Gasteiger partial charge in [-0.3, -0.25) is 4.79 Å². The molecule has 1 aliphatic carbocycles. The molecule has 9 nitrogen and oxygen atoms in total. The first-order valence-corrected chi connectivity index (χ1v) is 16.0. The number of hydrogen-bond acceptors (Lipinski definition) is 8. The number of nitrogens with zero attached hydrogens (tertiary/aromatic N) is 7. The lowest BCUT2D eigenvalue weighted by molar-refractivity contribution is -0.128. The Morgan fingerprint density at radius 1 is 1.20 bits per heavy atom. The lowest BCUT2D eigenvalue weighted by Gasteiger charge is -2.42. The molecule has 3 atom stereocenters. The summed E-state index contributed by atoms with van der Waals surface area (Å²) < 4.78 is 20.9. The number of amides is 1. The second-order valence-electron chi connectivity index (χ2n) is 12.4. The van der Waals surface area contributed by atoms with Gasteiger partial charge in [0.2, 0.25) is 5.91 Å². The minimum atomic E-state index is -0.446. The van der Waals surface area contributed by atoms with Crippen LogP contribution in [0.1, 0.15) is 36.9 Å². The van der Waals surface area contributed by atoms with E-state index in [2.05, 4.69) is 41.4 Å².